The van der Waals surface area contributed by atoms with Gasteiger partial charge in [-0.1, -0.05) is 84.9 Å². The van der Waals surface area contributed by atoms with E-state index in [1.807, 2.05) is 48.5 Å². The maximum Gasteiger partial charge on any atom is 0.185 e. The summed E-state index contributed by atoms with van der Waals surface area (Å²) in [6.45, 7) is 2.30. The van der Waals surface area contributed by atoms with E-state index in [-0.39, 0.29) is 5.78 Å². The fraction of sp³-hybridized carbons (Fsp3) is 0.250. The van der Waals surface area contributed by atoms with Gasteiger partial charge in [0.1, 0.15) is 0 Å². The average Bonchev–Trinajstić information content (AvgIpc) is 2.83. The van der Waals surface area contributed by atoms with Gasteiger partial charge in [-0.25, -0.2) is 0 Å². The first-order chi connectivity index (χ1) is 15.3. The summed E-state index contributed by atoms with van der Waals surface area (Å²) < 4.78 is 10.6. The minimum absolute atomic E-state index is 0.0145. The second-order valence-electron chi connectivity index (χ2n) is 7.44. The fourth-order valence-electron chi connectivity index (χ4n) is 3.31. The molecule has 160 valence electrons. The Balaban J connectivity index is 1.48. The van der Waals surface area contributed by atoms with Gasteiger partial charge >= 0.3 is 0 Å². The molecule has 3 nitrogen and oxygen atoms in total. The number of aryl methyl sites for hydroxylation is 1. The number of ketones is 1. The van der Waals surface area contributed by atoms with E-state index in [1.54, 1.807) is 13.2 Å². The molecule has 0 spiro atoms. The highest BCUT2D eigenvalue weighted by Crippen LogP contribution is 2.21. The normalized spacial score (nSPS) is 11.1. The second kappa shape index (κ2) is 12.6. The monoisotopic (exact) mass is 414 g/mol. The number of methoxy groups -OCH3 is 1. The van der Waals surface area contributed by atoms with Crippen LogP contribution in [0.3, 0.4) is 0 Å². The fourth-order valence-corrected chi connectivity index (χ4v) is 3.31. The average molecular weight is 415 g/mol. The van der Waals surface area contributed by atoms with Crippen molar-refractivity contribution < 1.29 is 14.3 Å². The van der Waals surface area contributed by atoms with Gasteiger partial charge in [0.05, 0.1) is 0 Å². The number of carbonyl (C=O) groups excluding carboxylic acids is 1. The number of rotatable bonds is 12. The number of ether oxygens (including phenoxy) is 2. The van der Waals surface area contributed by atoms with Gasteiger partial charge in [-0.2, -0.15) is 0 Å². The lowest BCUT2D eigenvalue weighted by Gasteiger charge is -2.06. The van der Waals surface area contributed by atoms with Crippen LogP contribution in [0.2, 0.25) is 0 Å². The zero-order chi connectivity index (χ0) is 21.7. The molecule has 0 amide bonds. The molecule has 3 rings (SSSR count). The largest absolute Gasteiger partial charge is 0.385 e. The molecule has 0 saturated heterocycles. The minimum atomic E-state index is 0.0145. The SMILES string of the molecule is COCCCOCCCc1ccc(-c2ccc(/C=C/C(=O)c3ccccc3)cc2)cc1. The van der Waals surface area contributed by atoms with Crippen LogP contribution in [0.1, 0.15) is 34.3 Å². The van der Waals surface area contributed by atoms with Crippen LogP contribution in [-0.4, -0.2) is 32.7 Å². The Labute approximate surface area is 185 Å². The standard InChI is InChI=1S/C28H30O3/c1-30-20-6-22-31-21-5-7-23-10-15-25(16-11-23)26-17-12-24(13-18-26)14-19-28(29)27-8-3-2-4-9-27/h2-4,8-19H,5-7,20-22H2,1H3/b19-14+. The Kier molecular flexibility index (Phi) is 9.24. The van der Waals surface area contributed by atoms with Crippen LogP contribution in [-0.2, 0) is 15.9 Å². The van der Waals surface area contributed by atoms with E-state index in [0.717, 1.165) is 44.6 Å². The molecule has 3 aromatic carbocycles. The third-order valence-corrected chi connectivity index (χ3v) is 5.07. The predicted octanol–water partition coefficient (Wildman–Crippen LogP) is 6.24. The van der Waals surface area contributed by atoms with Gasteiger partial charge in [-0.3, -0.25) is 4.79 Å². The quantitative estimate of drug-likeness (QED) is 0.200. The molecule has 3 aromatic rings. The summed E-state index contributed by atoms with van der Waals surface area (Å²) >= 11 is 0. The lowest BCUT2D eigenvalue weighted by molar-refractivity contribution is 0.101. The first-order valence-corrected chi connectivity index (χ1v) is 10.8. The van der Waals surface area contributed by atoms with Gasteiger partial charge in [-0.15, -0.1) is 0 Å². The van der Waals surface area contributed by atoms with E-state index in [4.69, 9.17) is 9.47 Å². The van der Waals surface area contributed by atoms with E-state index in [1.165, 1.54) is 16.7 Å². The Bertz CT molecular complexity index is 942. The maximum absolute atomic E-state index is 12.2. The van der Waals surface area contributed by atoms with E-state index in [2.05, 4.69) is 36.4 Å². The first kappa shape index (κ1) is 22.7. The molecule has 0 fully saturated rings. The highest BCUT2D eigenvalue weighted by atomic mass is 16.5. The van der Waals surface area contributed by atoms with Gasteiger partial charge in [0.25, 0.3) is 0 Å². The van der Waals surface area contributed by atoms with Crippen molar-refractivity contribution in [1.82, 2.24) is 0 Å². The summed E-state index contributed by atoms with van der Waals surface area (Å²) in [5.41, 5.74) is 5.39. The van der Waals surface area contributed by atoms with Gasteiger partial charge < -0.3 is 9.47 Å². The van der Waals surface area contributed by atoms with E-state index in [9.17, 15) is 4.79 Å². The maximum atomic E-state index is 12.2. The molecule has 0 bridgehead atoms. The summed E-state index contributed by atoms with van der Waals surface area (Å²) in [6, 6.07) is 26.3. The molecule has 0 atom stereocenters. The molecule has 0 heterocycles. The third kappa shape index (κ3) is 7.63. The molecule has 0 aliphatic rings. The molecule has 3 heteroatoms. The van der Waals surface area contributed by atoms with Crippen molar-refractivity contribution in [2.45, 2.75) is 19.3 Å². The number of benzene rings is 3. The van der Waals surface area contributed by atoms with Crippen LogP contribution in [0.4, 0.5) is 0 Å². The molecule has 0 aliphatic heterocycles. The molecule has 0 aliphatic carbocycles. The van der Waals surface area contributed by atoms with Crippen LogP contribution in [0, 0.1) is 0 Å². The van der Waals surface area contributed by atoms with Gasteiger partial charge in [0, 0.05) is 32.5 Å². The lowest BCUT2D eigenvalue weighted by Crippen LogP contribution is -2.01. The van der Waals surface area contributed by atoms with E-state index in [0.29, 0.717) is 5.56 Å². The Morgan fingerprint density at radius 3 is 2.10 bits per heavy atom. The molecular formula is C28H30O3. The number of carbonyl (C=O) groups is 1. The van der Waals surface area contributed by atoms with Crippen molar-refractivity contribution in [3.8, 4) is 11.1 Å². The summed E-state index contributed by atoms with van der Waals surface area (Å²) in [7, 11) is 1.71. The molecule has 0 unspecified atom stereocenters. The third-order valence-electron chi connectivity index (χ3n) is 5.07. The molecule has 0 radical (unpaired) electrons. The predicted molar refractivity (Wildman–Crippen MR) is 127 cm³/mol. The molecule has 0 N–H and O–H groups in total. The van der Waals surface area contributed by atoms with Gasteiger partial charge in [0.15, 0.2) is 5.78 Å². The molecule has 0 aromatic heterocycles. The minimum Gasteiger partial charge on any atom is -0.385 e. The van der Waals surface area contributed by atoms with E-state index < -0.39 is 0 Å². The topological polar surface area (TPSA) is 35.5 Å². The van der Waals surface area contributed by atoms with Crippen LogP contribution in [0.15, 0.2) is 84.9 Å². The molecule has 31 heavy (non-hydrogen) atoms. The van der Waals surface area contributed by atoms with Crippen molar-refractivity contribution in [2.24, 2.45) is 0 Å². The van der Waals surface area contributed by atoms with Crippen molar-refractivity contribution >= 4 is 11.9 Å². The van der Waals surface area contributed by atoms with Crippen molar-refractivity contribution in [3.05, 3.63) is 102 Å². The van der Waals surface area contributed by atoms with Crippen molar-refractivity contribution in [1.29, 1.82) is 0 Å². The van der Waals surface area contributed by atoms with Gasteiger partial charge in [0.2, 0.25) is 0 Å². The summed E-state index contributed by atoms with van der Waals surface area (Å²) in [6.07, 6.45) is 6.47. The van der Waals surface area contributed by atoms with Crippen LogP contribution >= 0.6 is 0 Å². The van der Waals surface area contributed by atoms with Crippen LogP contribution < -0.4 is 0 Å². The van der Waals surface area contributed by atoms with Crippen LogP contribution in [0.25, 0.3) is 17.2 Å². The second-order valence-corrected chi connectivity index (χ2v) is 7.44. The molecular weight excluding hydrogens is 384 g/mol. The van der Waals surface area contributed by atoms with Crippen LogP contribution in [0.5, 0.6) is 0 Å². The highest BCUT2D eigenvalue weighted by molar-refractivity contribution is 6.06. The number of allylic oxidation sites excluding steroid dienone is 1. The van der Waals surface area contributed by atoms with Crippen molar-refractivity contribution in [3.63, 3.8) is 0 Å². The number of hydrogen-bond donors (Lipinski definition) is 0. The van der Waals surface area contributed by atoms with Crippen molar-refractivity contribution in [2.75, 3.05) is 26.9 Å². The zero-order valence-corrected chi connectivity index (χ0v) is 18.1. The van der Waals surface area contributed by atoms with Gasteiger partial charge in [-0.05, 0) is 47.6 Å². The lowest BCUT2D eigenvalue weighted by atomic mass is 10.0. The Morgan fingerprint density at radius 2 is 1.42 bits per heavy atom. The Morgan fingerprint density at radius 1 is 0.774 bits per heavy atom. The first-order valence-electron chi connectivity index (χ1n) is 10.8. The highest BCUT2D eigenvalue weighted by Gasteiger charge is 2.01. The summed E-state index contributed by atoms with van der Waals surface area (Å²) in [5, 5.41) is 0. The van der Waals surface area contributed by atoms with E-state index >= 15 is 0 Å². The zero-order valence-electron chi connectivity index (χ0n) is 18.1. The summed E-state index contributed by atoms with van der Waals surface area (Å²) in [4.78, 5) is 12.2. The summed E-state index contributed by atoms with van der Waals surface area (Å²) in [5.74, 6) is 0.0145. The number of hydrogen-bond acceptors (Lipinski definition) is 3. The Hall–Kier alpha value is -3.01. The molecule has 0 saturated carbocycles. The smallest absolute Gasteiger partial charge is 0.185 e.